The van der Waals surface area contributed by atoms with Crippen LogP contribution in [0.2, 0.25) is 0 Å². The van der Waals surface area contributed by atoms with Crippen LogP contribution in [0.15, 0.2) is 23.2 Å². The van der Waals surface area contributed by atoms with Crippen molar-refractivity contribution in [2.24, 2.45) is 22.4 Å². The van der Waals surface area contributed by atoms with Crippen molar-refractivity contribution >= 4 is 24.3 Å². The minimum Gasteiger partial charge on any atom is -0.492 e. The monoisotopic (exact) mass is 341 g/mol. The largest absolute Gasteiger partial charge is 0.492 e. The number of aliphatic carboxylic acids is 1. The number of hydrogen-bond donors (Lipinski definition) is 3. The molecule has 23 heavy (non-hydrogen) atoms. The van der Waals surface area contributed by atoms with Crippen molar-refractivity contribution in [1.82, 2.24) is 0 Å². The average Bonchev–Trinajstić information content (AvgIpc) is 2.64. The van der Waals surface area contributed by atoms with E-state index < -0.39 is 5.97 Å². The lowest BCUT2D eigenvalue weighted by molar-refractivity contribution is -0.138. The number of carboxylic acid groups (broad SMARTS) is 1. The Morgan fingerprint density at radius 1 is 1.35 bits per heavy atom. The number of ether oxygens (including phenoxy) is 1. The molecule has 0 spiro atoms. The first kappa shape index (κ1) is 19.1. The Labute approximate surface area is 142 Å². The minimum absolute atomic E-state index is 0. The number of rotatable bonds is 6. The number of aryl methyl sites for hydroxylation is 1. The number of hydrogen-bond acceptors (Lipinski definition) is 3. The van der Waals surface area contributed by atoms with Gasteiger partial charge in [0.2, 0.25) is 0 Å². The molecule has 0 aliphatic heterocycles. The van der Waals surface area contributed by atoms with Crippen LogP contribution in [-0.4, -0.2) is 30.2 Å². The van der Waals surface area contributed by atoms with Gasteiger partial charge in [0.15, 0.2) is 5.96 Å². The zero-order valence-electron chi connectivity index (χ0n) is 13.0. The van der Waals surface area contributed by atoms with Gasteiger partial charge in [0.05, 0.1) is 6.54 Å². The lowest BCUT2D eigenvalue weighted by atomic mass is 9.94. The molecule has 0 saturated heterocycles. The number of carboxylic acids is 1. The van der Waals surface area contributed by atoms with E-state index in [9.17, 15) is 4.79 Å². The number of carbonyl (C=O) groups is 1. The van der Waals surface area contributed by atoms with Gasteiger partial charge in [-0.3, -0.25) is 9.79 Å². The Bertz CT molecular complexity index is 560. The summed E-state index contributed by atoms with van der Waals surface area (Å²) < 4.78 is 5.64. The van der Waals surface area contributed by atoms with Crippen molar-refractivity contribution in [1.29, 1.82) is 0 Å². The molecular formula is C16H24ClN3O3. The smallest absolute Gasteiger partial charge is 0.303 e. The number of benzene rings is 1. The van der Waals surface area contributed by atoms with Gasteiger partial charge in [0, 0.05) is 6.42 Å². The van der Waals surface area contributed by atoms with Crippen LogP contribution >= 0.6 is 12.4 Å². The Kier molecular flexibility index (Phi) is 7.68. The van der Waals surface area contributed by atoms with E-state index in [4.69, 9.17) is 21.3 Å². The van der Waals surface area contributed by atoms with E-state index in [0.717, 1.165) is 31.4 Å². The van der Waals surface area contributed by atoms with E-state index in [2.05, 4.69) is 4.99 Å². The molecule has 0 radical (unpaired) electrons. The lowest BCUT2D eigenvalue weighted by Crippen LogP contribution is -2.23. The molecule has 0 saturated carbocycles. The highest BCUT2D eigenvalue weighted by atomic mass is 35.5. The Morgan fingerprint density at radius 3 is 2.83 bits per heavy atom. The first-order valence-electron chi connectivity index (χ1n) is 7.56. The van der Waals surface area contributed by atoms with Crippen LogP contribution in [0.4, 0.5) is 0 Å². The highest BCUT2D eigenvalue weighted by Gasteiger charge is 2.19. The number of nitrogens with two attached hydrogens (primary N) is 2. The van der Waals surface area contributed by atoms with Crippen molar-refractivity contribution in [3.63, 3.8) is 0 Å². The number of fused-ring (bicyclic) bond motifs is 1. The van der Waals surface area contributed by atoms with Crippen molar-refractivity contribution in [2.45, 2.75) is 32.1 Å². The second kappa shape index (κ2) is 9.25. The van der Waals surface area contributed by atoms with E-state index in [0.29, 0.717) is 13.2 Å². The number of guanidine groups is 1. The first-order chi connectivity index (χ1) is 10.5. The van der Waals surface area contributed by atoms with Crippen molar-refractivity contribution in [3.8, 4) is 5.75 Å². The second-order valence-electron chi connectivity index (χ2n) is 5.65. The third-order valence-electron chi connectivity index (χ3n) is 3.86. The first-order valence-corrected chi connectivity index (χ1v) is 7.56. The van der Waals surface area contributed by atoms with Crippen molar-refractivity contribution in [2.75, 3.05) is 13.2 Å². The zero-order chi connectivity index (χ0) is 15.9. The van der Waals surface area contributed by atoms with Crippen LogP contribution < -0.4 is 16.2 Å². The summed E-state index contributed by atoms with van der Waals surface area (Å²) in [6.07, 6.45) is 4.02. The molecule has 0 aromatic heterocycles. The van der Waals surface area contributed by atoms with E-state index in [1.165, 1.54) is 11.1 Å². The summed E-state index contributed by atoms with van der Waals surface area (Å²) in [5.74, 6) is 0.386. The van der Waals surface area contributed by atoms with E-state index in [1.54, 1.807) is 0 Å². The summed E-state index contributed by atoms with van der Waals surface area (Å²) in [6, 6.07) is 6.02. The third-order valence-corrected chi connectivity index (χ3v) is 3.86. The predicted molar refractivity (Wildman–Crippen MR) is 92.2 cm³/mol. The summed E-state index contributed by atoms with van der Waals surface area (Å²) in [7, 11) is 0. The van der Waals surface area contributed by atoms with Crippen LogP contribution in [0, 0.1) is 5.92 Å². The highest BCUT2D eigenvalue weighted by molar-refractivity contribution is 5.85. The molecule has 2 rings (SSSR count). The van der Waals surface area contributed by atoms with Crippen LogP contribution in [-0.2, 0) is 17.6 Å². The van der Waals surface area contributed by atoms with Crippen LogP contribution in [0.5, 0.6) is 5.75 Å². The molecule has 7 heteroatoms. The van der Waals surface area contributed by atoms with E-state index in [-0.39, 0.29) is 30.7 Å². The third kappa shape index (κ3) is 6.36. The average molecular weight is 342 g/mol. The predicted octanol–water partition coefficient (Wildman–Crippen LogP) is 1.73. The SMILES string of the molecule is Cl.NC(N)=NCCOc1ccc2c(c1)CCCC(CC(=O)O)C2. The van der Waals surface area contributed by atoms with Crippen molar-refractivity contribution in [3.05, 3.63) is 29.3 Å². The number of halogens is 1. The molecule has 5 N–H and O–H groups in total. The maximum absolute atomic E-state index is 10.9. The molecule has 6 nitrogen and oxygen atoms in total. The summed E-state index contributed by atoms with van der Waals surface area (Å²) in [5, 5.41) is 8.96. The van der Waals surface area contributed by atoms with E-state index in [1.807, 2.05) is 18.2 Å². The van der Waals surface area contributed by atoms with Gasteiger partial charge in [0.25, 0.3) is 0 Å². The van der Waals surface area contributed by atoms with Crippen LogP contribution in [0.25, 0.3) is 0 Å². The summed E-state index contributed by atoms with van der Waals surface area (Å²) in [6.45, 7) is 0.860. The lowest BCUT2D eigenvalue weighted by Gasteiger charge is -2.13. The fourth-order valence-electron chi connectivity index (χ4n) is 2.88. The van der Waals surface area contributed by atoms with Crippen LogP contribution in [0.3, 0.4) is 0 Å². The van der Waals surface area contributed by atoms with Gasteiger partial charge in [0.1, 0.15) is 12.4 Å². The minimum atomic E-state index is -0.715. The zero-order valence-corrected chi connectivity index (χ0v) is 13.8. The summed E-state index contributed by atoms with van der Waals surface area (Å²) in [5.41, 5.74) is 13.0. The Balaban J connectivity index is 0.00000264. The van der Waals surface area contributed by atoms with Gasteiger partial charge < -0.3 is 21.3 Å². The van der Waals surface area contributed by atoms with Gasteiger partial charge in [-0.1, -0.05) is 6.07 Å². The molecule has 0 bridgehead atoms. The molecule has 1 atom stereocenters. The van der Waals surface area contributed by atoms with Gasteiger partial charge in [-0.2, -0.15) is 0 Å². The Hall–Kier alpha value is -1.95. The molecule has 0 fully saturated rings. The summed E-state index contributed by atoms with van der Waals surface area (Å²) in [4.78, 5) is 14.8. The fourth-order valence-corrected chi connectivity index (χ4v) is 2.88. The molecule has 1 aromatic rings. The molecular weight excluding hydrogens is 318 g/mol. The fraction of sp³-hybridized carbons (Fsp3) is 0.500. The maximum Gasteiger partial charge on any atom is 0.303 e. The molecule has 1 unspecified atom stereocenters. The van der Waals surface area contributed by atoms with Gasteiger partial charge in [-0.15, -0.1) is 12.4 Å². The molecule has 1 aliphatic carbocycles. The van der Waals surface area contributed by atoms with E-state index >= 15 is 0 Å². The Morgan fingerprint density at radius 2 is 2.13 bits per heavy atom. The van der Waals surface area contributed by atoms with Crippen LogP contribution in [0.1, 0.15) is 30.4 Å². The second-order valence-corrected chi connectivity index (χ2v) is 5.65. The summed E-state index contributed by atoms with van der Waals surface area (Å²) >= 11 is 0. The topological polar surface area (TPSA) is 111 Å². The van der Waals surface area contributed by atoms with Crippen molar-refractivity contribution < 1.29 is 14.6 Å². The molecule has 0 heterocycles. The standard InChI is InChI=1S/C16H23N3O3.ClH/c17-16(18)19-6-7-22-14-5-4-13-8-11(9-15(20)21)2-1-3-12(13)10-14;/h4-5,10-11H,1-3,6-9H2,(H,20,21)(H4,17,18,19);1H. The molecule has 1 aromatic carbocycles. The van der Waals surface area contributed by atoms with Gasteiger partial charge in [-0.05, 0) is 54.9 Å². The molecule has 0 amide bonds. The highest BCUT2D eigenvalue weighted by Crippen LogP contribution is 2.29. The number of nitrogens with zero attached hydrogens (tertiary/aromatic N) is 1. The normalized spacial score (nSPS) is 16.4. The molecule has 128 valence electrons. The van der Waals surface area contributed by atoms with Gasteiger partial charge >= 0.3 is 5.97 Å². The number of aliphatic imine (C=N–C) groups is 1. The quantitative estimate of drug-likeness (QED) is 0.316. The molecule has 1 aliphatic rings. The van der Waals surface area contributed by atoms with Gasteiger partial charge in [-0.25, -0.2) is 0 Å². The maximum atomic E-state index is 10.9.